The molecule has 2 aromatic heterocycles. The highest BCUT2D eigenvalue weighted by Crippen LogP contribution is 2.24. The van der Waals surface area contributed by atoms with Gasteiger partial charge >= 0.3 is 0 Å². The van der Waals surface area contributed by atoms with Crippen molar-refractivity contribution in [1.82, 2.24) is 20.1 Å². The van der Waals surface area contributed by atoms with Crippen molar-refractivity contribution in [3.8, 4) is 5.69 Å². The highest BCUT2D eigenvalue weighted by molar-refractivity contribution is 5.49. The number of hydrogen-bond acceptors (Lipinski definition) is 5. The van der Waals surface area contributed by atoms with Crippen molar-refractivity contribution < 1.29 is 4.74 Å². The fraction of sp³-hybridized carbons (Fsp3) is 0.385. The van der Waals surface area contributed by atoms with Crippen LogP contribution in [0.2, 0.25) is 0 Å². The Morgan fingerprint density at radius 1 is 1.42 bits per heavy atom. The van der Waals surface area contributed by atoms with E-state index in [4.69, 9.17) is 4.74 Å². The summed E-state index contributed by atoms with van der Waals surface area (Å²) in [6.07, 6.45) is 5.62. The Hall–Kier alpha value is -1.92. The van der Waals surface area contributed by atoms with Crippen LogP contribution >= 0.6 is 0 Å². The number of aromatic nitrogens is 3. The van der Waals surface area contributed by atoms with E-state index in [-0.39, 0.29) is 12.5 Å². The van der Waals surface area contributed by atoms with Crippen LogP contribution in [0.4, 0.5) is 5.69 Å². The van der Waals surface area contributed by atoms with Gasteiger partial charge in [-0.1, -0.05) is 6.92 Å². The van der Waals surface area contributed by atoms with Crippen LogP contribution in [0.5, 0.6) is 0 Å². The van der Waals surface area contributed by atoms with Gasteiger partial charge in [-0.3, -0.25) is 10.3 Å². The predicted octanol–water partition coefficient (Wildman–Crippen LogP) is 1.28. The maximum atomic E-state index is 5.46. The minimum Gasteiger partial charge on any atom is -0.354 e. The van der Waals surface area contributed by atoms with Crippen molar-refractivity contribution in [2.24, 2.45) is 0 Å². The van der Waals surface area contributed by atoms with Crippen molar-refractivity contribution in [3.63, 3.8) is 0 Å². The zero-order valence-corrected chi connectivity index (χ0v) is 11.0. The van der Waals surface area contributed by atoms with Crippen LogP contribution in [0.1, 0.15) is 12.6 Å². The predicted molar refractivity (Wildman–Crippen MR) is 72.1 cm³/mol. The monoisotopic (exact) mass is 259 g/mol. The molecule has 0 aromatic carbocycles. The molecule has 0 bridgehead atoms. The topological polar surface area (TPSA) is 67.3 Å². The molecular weight excluding hydrogens is 242 g/mol. The number of hydrogen-bond donors (Lipinski definition) is 2. The third-order valence-corrected chi connectivity index (χ3v) is 3.00. The van der Waals surface area contributed by atoms with Gasteiger partial charge in [0, 0.05) is 6.20 Å². The maximum Gasteiger partial charge on any atom is 0.170 e. The minimum atomic E-state index is 0.0326. The molecule has 19 heavy (non-hydrogen) atoms. The molecule has 6 nitrogen and oxygen atoms in total. The lowest BCUT2D eigenvalue weighted by Crippen LogP contribution is -2.22. The van der Waals surface area contributed by atoms with Crippen LogP contribution in [0.15, 0.2) is 30.7 Å². The second-order valence-electron chi connectivity index (χ2n) is 4.46. The Labute approximate surface area is 111 Å². The Kier molecular flexibility index (Phi) is 3.18. The van der Waals surface area contributed by atoms with E-state index in [1.165, 1.54) is 0 Å². The Morgan fingerprint density at radius 2 is 2.32 bits per heavy atom. The van der Waals surface area contributed by atoms with Gasteiger partial charge in [-0.25, -0.2) is 4.68 Å². The zero-order chi connectivity index (χ0) is 13.2. The van der Waals surface area contributed by atoms with Crippen LogP contribution in [0.25, 0.3) is 5.69 Å². The highest BCUT2D eigenvalue weighted by atomic mass is 16.6. The van der Waals surface area contributed by atoms with Gasteiger partial charge in [0.2, 0.25) is 0 Å². The van der Waals surface area contributed by atoms with Crippen molar-refractivity contribution in [3.05, 3.63) is 36.4 Å². The second kappa shape index (κ2) is 4.99. The SMILES string of the molecule is CCNC1OC1Nc1cn(-c2cccnc2)nc1C. The summed E-state index contributed by atoms with van der Waals surface area (Å²) < 4.78 is 7.27. The number of anilines is 1. The van der Waals surface area contributed by atoms with E-state index < -0.39 is 0 Å². The summed E-state index contributed by atoms with van der Waals surface area (Å²) >= 11 is 0. The smallest absolute Gasteiger partial charge is 0.170 e. The van der Waals surface area contributed by atoms with E-state index in [1.807, 2.05) is 29.9 Å². The molecule has 2 atom stereocenters. The van der Waals surface area contributed by atoms with Gasteiger partial charge in [-0.2, -0.15) is 5.10 Å². The number of likely N-dealkylation sites (N-methyl/N-ethyl adjacent to an activating group) is 1. The Balaban J connectivity index is 1.72. The van der Waals surface area contributed by atoms with Gasteiger partial charge in [0.25, 0.3) is 0 Å². The van der Waals surface area contributed by atoms with Gasteiger partial charge in [0.1, 0.15) is 0 Å². The van der Waals surface area contributed by atoms with E-state index >= 15 is 0 Å². The molecule has 1 aliphatic rings. The molecule has 0 spiro atoms. The molecule has 1 fully saturated rings. The minimum absolute atomic E-state index is 0.0326. The summed E-state index contributed by atoms with van der Waals surface area (Å²) in [5.74, 6) is 0. The van der Waals surface area contributed by atoms with Crippen molar-refractivity contribution in [1.29, 1.82) is 0 Å². The van der Waals surface area contributed by atoms with E-state index in [2.05, 4.69) is 27.6 Å². The van der Waals surface area contributed by atoms with Gasteiger partial charge in [0.05, 0.1) is 29.5 Å². The lowest BCUT2D eigenvalue weighted by Gasteiger charge is -2.00. The fourth-order valence-corrected chi connectivity index (χ4v) is 1.96. The summed E-state index contributed by atoms with van der Waals surface area (Å²) in [5.41, 5.74) is 2.86. The third kappa shape index (κ3) is 2.59. The number of nitrogens with one attached hydrogen (secondary N) is 2. The second-order valence-corrected chi connectivity index (χ2v) is 4.46. The normalized spacial score (nSPS) is 21.4. The van der Waals surface area contributed by atoms with Crippen LogP contribution in [0, 0.1) is 6.92 Å². The number of nitrogens with zero attached hydrogens (tertiary/aromatic N) is 3. The average Bonchev–Trinajstić information content (AvgIpc) is 3.05. The van der Waals surface area contributed by atoms with Gasteiger partial charge in [0.15, 0.2) is 12.5 Å². The molecule has 2 unspecified atom stereocenters. The average molecular weight is 259 g/mol. The number of epoxide rings is 1. The van der Waals surface area contributed by atoms with Crippen LogP contribution in [0.3, 0.4) is 0 Å². The molecule has 6 heteroatoms. The first-order valence-corrected chi connectivity index (χ1v) is 6.40. The Bertz CT molecular complexity index is 553. The molecule has 1 aliphatic heterocycles. The molecule has 0 amide bonds. The first-order valence-electron chi connectivity index (χ1n) is 6.40. The molecule has 0 saturated carbocycles. The maximum absolute atomic E-state index is 5.46. The quantitative estimate of drug-likeness (QED) is 0.792. The first kappa shape index (κ1) is 12.1. The van der Waals surface area contributed by atoms with Crippen molar-refractivity contribution >= 4 is 5.69 Å². The lowest BCUT2D eigenvalue weighted by molar-refractivity contribution is 0.355. The third-order valence-electron chi connectivity index (χ3n) is 3.00. The zero-order valence-electron chi connectivity index (χ0n) is 11.0. The molecular formula is C13H17N5O. The first-order chi connectivity index (χ1) is 9.28. The molecule has 1 saturated heterocycles. The molecule has 0 aliphatic carbocycles. The van der Waals surface area contributed by atoms with E-state index in [0.717, 1.165) is 23.6 Å². The van der Waals surface area contributed by atoms with Gasteiger partial charge in [-0.15, -0.1) is 0 Å². The van der Waals surface area contributed by atoms with Crippen molar-refractivity contribution in [2.75, 3.05) is 11.9 Å². The summed E-state index contributed by atoms with van der Waals surface area (Å²) in [7, 11) is 0. The molecule has 2 aromatic rings. The summed E-state index contributed by atoms with van der Waals surface area (Å²) in [4.78, 5) is 4.09. The summed E-state index contributed by atoms with van der Waals surface area (Å²) in [5, 5.41) is 11.0. The highest BCUT2D eigenvalue weighted by Gasteiger charge is 2.38. The molecule has 2 N–H and O–H groups in total. The van der Waals surface area contributed by atoms with Crippen LogP contribution in [-0.4, -0.2) is 33.8 Å². The van der Waals surface area contributed by atoms with E-state index in [9.17, 15) is 0 Å². The van der Waals surface area contributed by atoms with E-state index in [1.54, 1.807) is 12.4 Å². The molecule has 3 rings (SSSR count). The standard InChI is InChI=1S/C13H17N5O/c1-3-15-12-13(19-12)16-11-8-18(17-9(11)2)10-5-4-6-14-7-10/h4-8,12-13,15-16H,3H2,1-2H3. The summed E-state index contributed by atoms with van der Waals surface area (Å²) in [6.45, 7) is 4.93. The van der Waals surface area contributed by atoms with Crippen LogP contribution in [-0.2, 0) is 4.74 Å². The van der Waals surface area contributed by atoms with Crippen molar-refractivity contribution in [2.45, 2.75) is 26.3 Å². The van der Waals surface area contributed by atoms with E-state index in [0.29, 0.717) is 0 Å². The lowest BCUT2D eigenvalue weighted by atomic mass is 10.4. The Morgan fingerprint density at radius 3 is 3.05 bits per heavy atom. The van der Waals surface area contributed by atoms with Gasteiger partial charge in [-0.05, 0) is 25.6 Å². The van der Waals surface area contributed by atoms with Crippen LogP contribution < -0.4 is 10.6 Å². The molecule has 100 valence electrons. The summed E-state index contributed by atoms with van der Waals surface area (Å²) in [6, 6.07) is 3.86. The largest absolute Gasteiger partial charge is 0.354 e. The molecule has 0 radical (unpaired) electrons. The fourth-order valence-electron chi connectivity index (χ4n) is 1.96. The number of ether oxygens (including phenoxy) is 1. The number of pyridine rings is 1. The van der Waals surface area contributed by atoms with Gasteiger partial charge < -0.3 is 10.1 Å². The number of rotatable bonds is 5. The number of aryl methyl sites for hydroxylation is 1. The molecule has 3 heterocycles.